The van der Waals surface area contributed by atoms with Crippen LogP contribution in [0.5, 0.6) is 0 Å². The summed E-state index contributed by atoms with van der Waals surface area (Å²) in [6.07, 6.45) is 3.84. The maximum absolute atomic E-state index is 6.13. The monoisotopic (exact) mass is 342 g/mol. The average Bonchev–Trinajstić information content (AvgIpc) is 3.04. The van der Waals surface area contributed by atoms with Gasteiger partial charge < -0.3 is 14.8 Å². The van der Waals surface area contributed by atoms with Crippen molar-refractivity contribution in [1.29, 1.82) is 0 Å². The minimum atomic E-state index is -0.217. The van der Waals surface area contributed by atoms with Gasteiger partial charge in [0.15, 0.2) is 0 Å². The van der Waals surface area contributed by atoms with Gasteiger partial charge >= 0.3 is 0 Å². The van der Waals surface area contributed by atoms with E-state index in [0.717, 1.165) is 52.5 Å². The van der Waals surface area contributed by atoms with Gasteiger partial charge in [-0.3, -0.25) is 9.58 Å². The lowest BCUT2D eigenvalue weighted by Gasteiger charge is -2.42. The molecule has 1 aromatic heterocycles. The predicted molar refractivity (Wildman–Crippen MR) is 95.4 cm³/mol. The molecule has 3 heterocycles. The molecule has 0 radical (unpaired) electrons. The first-order valence-corrected chi connectivity index (χ1v) is 9.02. The lowest BCUT2D eigenvalue weighted by atomic mass is 10.0. The van der Waals surface area contributed by atoms with E-state index in [4.69, 9.17) is 9.47 Å². The second-order valence-corrected chi connectivity index (χ2v) is 6.94. The molecule has 0 bridgehead atoms. The Bertz CT molecular complexity index is 666. The molecule has 6 heteroatoms. The summed E-state index contributed by atoms with van der Waals surface area (Å²) in [4.78, 5) is 2.49. The number of nitrogens with one attached hydrogen (secondary N) is 1. The zero-order valence-corrected chi connectivity index (χ0v) is 14.6. The third kappa shape index (κ3) is 4.10. The third-order valence-corrected chi connectivity index (χ3v) is 4.97. The molecule has 4 rings (SSSR count). The summed E-state index contributed by atoms with van der Waals surface area (Å²) in [5.74, 6) is 0. The molecule has 1 atom stereocenters. The van der Waals surface area contributed by atoms with Crippen LogP contribution in [0.2, 0.25) is 0 Å². The highest BCUT2D eigenvalue weighted by Crippen LogP contribution is 2.22. The normalized spacial score (nSPS) is 25.1. The van der Waals surface area contributed by atoms with Crippen LogP contribution in [0.25, 0.3) is 0 Å². The van der Waals surface area contributed by atoms with Crippen molar-refractivity contribution in [1.82, 2.24) is 20.0 Å². The summed E-state index contributed by atoms with van der Waals surface area (Å²) >= 11 is 0. The topological polar surface area (TPSA) is 51.5 Å². The molecule has 25 heavy (non-hydrogen) atoms. The van der Waals surface area contributed by atoms with E-state index in [-0.39, 0.29) is 5.60 Å². The molecule has 134 valence electrons. The van der Waals surface area contributed by atoms with Crippen molar-refractivity contribution in [3.8, 4) is 0 Å². The van der Waals surface area contributed by atoms with Crippen molar-refractivity contribution < 1.29 is 9.47 Å². The van der Waals surface area contributed by atoms with Crippen molar-refractivity contribution in [2.24, 2.45) is 0 Å². The highest BCUT2D eigenvalue weighted by molar-refractivity contribution is 5.27. The number of rotatable bonds is 4. The Labute approximate surface area is 148 Å². The molecule has 1 aromatic carbocycles. The highest BCUT2D eigenvalue weighted by atomic mass is 16.5. The number of morpholine rings is 1. The minimum absolute atomic E-state index is 0.217. The van der Waals surface area contributed by atoms with Crippen LogP contribution in [0.1, 0.15) is 11.1 Å². The number of hydrogen-bond acceptors (Lipinski definition) is 5. The zero-order valence-electron chi connectivity index (χ0n) is 14.6. The van der Waals surface area contributed by atoms with Crippen LogP contribution < -0.4 is 5.32 Å². The van der Waals surface area contributed by atoms with Crippen molar-refractivity contribution in [2.45, 2.75) is 18.7 Å². The Hall–Kier alpha value is -1.73. The fourth-order valence-corrected chi connectivity index (χ4v) is 3.70. The van der Waals surface area contributed by atoms with Crippen molar-refractivity contribution in [2.75, 3.05) is 46.0 Å². The third-order valence-electron chi connectivity index (χ3n) is 4.97. The zero-order chi connectivity index (χ0) is 17.0. The van der Waals surface area contributed by atoms with E-state index >= 15 is 0 Å². The standard InChI is InChI=1S/C19H26N4O2/c1-2-5-18(13-23-8-3-6-21-23)17(4-1)12-22-9-11-25-19(15-22)14-20-7-10-24-16-19/h1-6,8,20H,7,9-16H2/t19-/m1/s1. The number of ether oxygens (including phenoxy) is 2. The minimum Gasteiger partial charge on any atom is -0.377 e. The van der Waals surface area contributed by atoms with E-state index in [0.29, 0.717) is 6.61 Å². The van der Waals surface area contributed by atoms with Crippen LogP contribution in [0.3, 0.4) is 0 Å². The first-order valence-electron chi connectivity index (χ1n) is 9.02. The fraction of sp³-hybridized carbons (Fsp3) is 0.526. The van der Waals surface area contributed by atoms with Gasteiger partial charge in [-0.25, -0.2) is 0 Å². The van der Waals surface area contributed by atoms with Crippen LogP contribution in [-0.4, -0.2) is 66.3 Å². The quantitative estimate of drug-likeness (QED) is 0.902. The lowest BCUT2D eigenvalue weighted by molar-refractivity contribution is -0.135. The molecule has 2 aliphatic heterocycles. The van der Waals surface area contributed by atoms with E-state index < -0.39 is 0 Å². The molecule has 0 saturated carbocycles. The Kier molecular flexibility index (Phi) is 5.12. The van der Waals surface area contributed by atoms with Crippen molar-refractivity contribution >= 4 is 0 Å². The second kappa shape index (κ2) is 7.66. The molecule has 0 unspecified atom stereocenters. The summed E-state index contributed by atoms with van der Waals surface area (Å²) in [5, 5.41) is 7.78. The number of benzene rings is 1. The molecule has 0 aliphatic carbocycles. The van der Waals surface area contributed by atoms with Crippen LogP contribution in [0.4, 0.5) is 0 Å². The van der Waals surface area contributed by atoms with Crippen LogP contribution >= 0.6 is 0 Å². The van der Waals surface area contributed by atoms with E-state index in [2.05, 4.69) is 39.6 Å². The SMILES string of the molecule is c1ccc(Cn2cccn2)c(CN2CCO[C@]3(CNCCOC3)C2)c1. The van der Waals surface area contributed by atoms with Gasteiger partial charge in [0.25, 0.3) is 0 Å². The molecule has 2 fully saturated rings. The molecule has 0 amide bonds. The van der Waals surface area contributed by atoms with Gasteiger partial charge in [0.1, 0.15) is 5.60 Å². The largest absolute Gasteiger partial charge is 0.377 e. The Morgan fingerprint density at radius 2 is 2.00 bits per heavy atom. The maximum atomic E-state index is 6.13. The smallest absolute Gasteiger partial charge is 0.116 e. The summed E-state index contributed by atoms with van der Waals surface area (Å²) in [6, 6.07) is 10.6. The molecule has 2 saturated heterocycles. The molecule has 2 aliphatic rings. The highest BCUT2D eigenvalue weighted by Gasteiger charge is 2.38. The summed E-state index contributed by atoms with van der Waals surface area (Å²) in [7, 11) is 0. The fourth-order valence-electron chi connectivity index (χ4n) is 3.70. The summed E-state index contributed by atoms with van der Waals surface area (Å²) < 4.78 is 13.9. The van der Waals surface area contributed by atoms with Gasteiger partial charge in [0.2, 0.25) is 0 Å². The van der Waals surface area contributed by atoms with E-state index in [1.54, 1.807) is 0 Å². The van der Waals surface area contributed by atoms with Gasteiger partial charge in [-0.05, 0) is 17.2 Å². The predicted octanol–water partition coefficient (Wildman–Crippen LogP) is 1.12. The van der Waals surface area contributed by atoms with Gasteiger partial charge in [-0.2, -0.15) is 5.10 Å². The van der Waals surface area contributed by atoms with Crippen molar-refractivity contribution in [3.63, 3.8) is 0 Å². The van der Waals surface area contributed by atoms with E-state index in [1.165, 1.54) is 11.1 Å². The molecular weight excluding hydrogens is 316 g/mol. The molecular formula is C19H26N4O2. The number of aromatic nitrogens is 2. The maximum Gasteiger partial charge on any atom is 0.116 e. The van der Waals surface area contributed by atoms with Crippen molar-refractivity contribution in [3.05, 3.63) is 53.9 Å². The van der Waals surface area contributed by atoms with Gasteiger partial charge in [-0.15, -0.1) is 0 Å². The lowest BCUT2D eigenvalue weighted by Crippen LogP contribution is -2.57. The first kappa shape index (κ1) is 16.7. The Balaban J connectivity index is 1.46. The molecule has 1 N–H and O–H groups in total. The summed E-state index contributed by atoms with van der Waals surface area (Å²) in [5.41, 5.74) is 2.46. The van der Waals surface area contributed by atoms with E-state index in [1.807, 2.05) is 23.1 Å². The Morgan fingerprint density at radius 3 is 2.84 bits per heavy atom. The number of hydrogen-bond donors (Lipinski definition) is 1. The molecule has 6 nitrogen and oxygen atoms in total. The van der Waals surface area contributed by atoms with Gasteiger partial charge in [-0.1, -0.05) is 24.3 Å². The Morgan fingerprint density at radius 1 is 1.12 bits per heavy atom. The average molecular weight is 342 g/mol. The number of nitrogens with zero attached hydrogens (tertiary/aromatic N) is 3. The second-order valence-electron chi connectivity index (χ2n) is 6.94. The molecule has 2 aromatic rings. The summed E-state index contributed by atoms with van der Waals surface area (Å²) in [6.45, 7) is 7.55. The van der Waals surface area contributed by atoms with Crippen LogP contribution in [-0.2, 0) is 22.6 Å². The van der Waals surface area contributed by atoms with Gasteiger partial charge in [0, 0.05) is 45.1 Å². The van der Waals surface area contributed by atoms with E-state index in [9.17, 15) is 0 Å². The van der Waals surface area contributed by atoms with Gasteiger partial charge in [0.05, 0.1) is 26.4 Å². The molecule has 1 spiro atoms. The first-order chi connectivity index (χ1) is 12.3. The van der Waals surface area contributed by atoms with Crippen LogP contribution in [0, 0.1) is 0 Å². The van der Waals surface area contributed by atoms with Crippen LogP contribution in [0.15, 0.2) is 42.7 Å².